The smallest absolute Gasteiger partial charge is 0.273 e. The standard InChI is InChI=1S/C24H16BrN5O2S/c25-17-9-7-15(8-10-17)20-13-33-24(27-20)28-22(31)16-5-3-14(4-6-16)12-19-21-18(2-1-11-26-21)23(32)30-29-19/h1-11,13H,12H2,(H,30,32)(H,27,28,31). The van der Waals surface area contributed by atoms with Crippen LogP contribution in [0.2, 0.25) is 0 Å². The van der Waals surface area contributed by atoms with E-state index < -0.39 is 0 Å². The molecule has 2 aromatic carbocycles. The van der Waals surface area contributed by atoms with Gasteiger partial charge in [-0.15, -0.1) is 11.3 Å². The number of amides is 1. The molecular weight excluding hydrogens is 502 g/mol. The predicted molar refractivity (Wildman–Crippen MR) is 133 cm³/mol. The summed E-state index contributed by atoms with van der Waals surface area (Å²) in [6.07, 6.45) is 2.12. The first-order valence-electron chi connectivity index (χ1n) is 10.0. The summed E-state index contributed by atoms with van der Waals surface area (Å²) in [4.78, 5) is 33.4. The Morgan fingerprint density at radius 3 is 2.64 bits per heavy atom. The second-order valence-corrected chi connectivity index (χ2v) is 9.05. The molecule has 5 aromatic rings. The topological polar surface area (TPSA) is 101 Å². The first-order chi connectivity index (χ1) is 16.1. The molecule has 0 atom stereocenters. The number of nitrogens with one attached hydrogen (secondary N) is 2. The Kier molecular flexibility index (Phi) is 5.80. The maximum absolute atomic E-state index is 12.7. The van der Waals surface area contributed by atoms with Crippen LogP contribution in [0.15, 0.2) is 81.5 Å². The number of aromatic nitrogens is 4. The summed E-state index contributed by atoms with van der Waals surface area (Å²) in [6, 6.07) is 18.5. The molecule has 0 saturated heterocycles. The van der Waals surface area contributed by atoms with E-state index in [0.29, 0.717) is 33.7 Å². The number of rotatable bonds is 5. The van der Waals surface area contributed by atoms with Crippen LogP contribution in [0, 0.1) is 0 Å². The van der Waals surface area contributed by atoms with Crippen molar-refractivity contribution < 1.29 is 4.79 Å². The van der Waals surface area contributed by atoms with Crippen LogP contribution in [0.5, 0.6) is 0 Å². The van der Waals surface area contributed by atoms with Crippen LogP contribution in [0.1, 0.15) is 21.6 Å². The number of benzene rings is 2. The Bertz CT molecular complexity index is 1510. The van der Waals surface area contributed by atoms with Crippen molar-refractivity contribution in [2.24, 2.45) is 0 Å². The molecule has 5 rings (SSSR count). The molecule has 0 aliphatic heterocycles. The summed E-state index contributed by atoms with van der Waals surface area (Å²) < 4.78 is 0.999. The number of pyridine rings is 1. The van der Waals surface area contributed by atoms with E-state index in [1.165, 1.54) is 11.3 Å². The van der Waals surface area contributed by atoms with E-state index in [9.17, 15) is 9.59 Å². The minimum absolute atomic E-state index is 0.229. The number of aromatic amines is 1. The highest BCUT2D eigenvalue weighted by atomic mass is 79.9. The SMILES string of the molecule is O=C(Nc1nc(-c2ccc(Br)cc2)cs1)c1ccc(Cc2n[nH]c(=O)c3cccnc23)cc1. The van der Waals surface area contributed by atoms with Gasteiger partial charge in [-0.25, -0.2) is 10.1 Å². The molecule has 0 fully saturated rings. The monoisotopic (exact) mass is 517 g/mol. The third-order valence-corrected chi connectivity index (χ3v) is 6.36. The number of carbonyl (C=O) groups is 1. The van der Waals surface area contributed by atoms with E-state index in [1.54, 1.807) is 30.5 Å². The number of nitrogens with zero attached hydrogens (tertiary/aromatic N) is 3. The second-order valence-electron chi connectivity index (χ2n) is 7.27. The maximum atomic E-state index is 12.7. The number of anilines is 1. The highest BCUT2D eigenvalue weighted by Crippen LogP contribution is 2.26. The summed E-state index contributed by atoms with van der Waals surface area (Å²) in [5, 5.41) is 12.5. The Morgan fingerprint density at radius 1 is 1.06 bits per heavy atom. The summed E-state index contributed by atoms with van der Waals surface area (Å²) in [6.45, 7) is 0. The quantitative estimate of drug-likeness (QED) is 0.339. The first-order valence-corrected chi connectivity index (χ1v) is 11.7. The van der Waals surface area contributed by atoms with E-state index >= 15 is 0 Å². The number of H-pyrrole nitrogens is 1. The lowest BCUT2D eigenvalue weighted by molar-refractivity contribution is 0.102. The zero-order valence-corrected chi connectivity index (χ0v) is 19.5. The van der Waals surface area contributed by atoms with Crippen molar-refractivity contribution in [3.63, 3.8) is 0 Å². The molecule has 0 aliphatic rings. The lowest BCUT2D eigenvalue weighted by atomic mass is 10.1. The average molecular weight is 518 g/mol. The van der Waals surface area contributed by atoms with Gasteiger partial charge in [-0.1, -0.05) is 40.2 Å². The molecule has 0 spiro atoms. The second kappa shape index (κ2) is 9.05. The fourth-order valence-corrected chi connectivity index (χ4v) is 4.37. The average Bonchev–Trinajstić information content (AvgIpc) is 3.30. The molecule has 0 bridgehead atoms. The van der Waals surface area contributed by atoms with Gasteiger partial charge in [0.15, 0.2) is 5.13 Å². The number of hydrogen-bond acceptors (Lipinski definition) is 6. The van der Waals surface area contributed by atoms with Crippen LogP contribution in [0.4, 0.5) is 5.13 Å². The van der Waals surface area contributed by atoms with Crippen molar-refractivity contribution >= 4 is 49.2 Å². The molecule has 3 aromatic heterocycles. The van der Waals surface area contributed by atoms with Crippen LogP contribution < -0.4 is 10.9 Å². The summed E-state index contributed by atoms with van der Waals surface area (Å²) in [5.41, 5.74) is 4.25. The highest BCUT2D eigenvalue weighted by molar-refractivity contribution is 9.10. The summed E-state index contributed by atoms with van der Waals surface area (Å²) in [7, 11) is 0. The van der Waals surface area contributed by atoms with Crippen LogP contribution in [-0.2, 0) is 6.42 Å². The van der Waals surface area contributed by atoms with Gasteiger partial charge in [-0.3, -0.25) is 19.9 Å². The van der Waals surface area contributed by atoms with Gasteiger partial charge in [0.1, 0.15) is 0 Å². The number of hydrogen-bond donors (Lipinski definition) is 2. The Labute approximate surface area is 200 Å². The number of fused-ring (bicyclic) bond motifs is 1. The molecule has 0 radical (unpaired) electrons. The van der Waals surface area contributed by atoms with E-state index in [1.807, 2.05) is 41.8 Å². The van der Waals surface area contributed by atoms with Gasteiger partial charge in [0.25, 0.3) is 11.5 Å². The number of thiazole rings is 1. The minimum atomic E-state index is -0.264. The highest BCUT2D eigenvalue weighted by Gasteiger charge is 2.12. The zero-order valence-electron chi connectivity index (χ0n) is 17.1. The molecule has 1 amide bonds. The van der Waals surface area contributed by atoms with Crippen molar-refractivity contribution in [1.29, 1.82) is 0 Å². The lowest BCUT2D eigenvalue weighted by Gasteiger charge is -2.06. The summed E-state index contributed by atoms with van der Waals surface area (Å²) in [5.74, 6) is -0.229. The summed E-state index contributed by atoms with van der Waals surface area (Å²) >= 11 is 4.80. The number of carbonyl (C=O) groups excluding carboxylic acids is 1. The van der Waals surface area contributed by atoms with Crippen LogP contribution in [0.25, 0.3) is 22.2 Å². The van der Waals surface area contributed by atoms with Gasteiger partial charge in [0.05, 0.1) is 22.3 Å². The van der Waals surface area contributed by atoms with Crippen molar-refractivity contribution in [1.82, 2.24) is 20.2 Å². The van der Waals surface area contributed by atoms with Crippen molar-refractivity contribution in [2.45, 2.75) is 6.42 Å². The van der Waals surface area contributed by atoms with Crippen molar-refractivity contribution in [3.8, 4) is 11.3 Å². The van der Waals surface area contributed by atoms with Crippen LogP contribution >= 0.6 is 27.3 Å². The molecule has 2 N–H and O–H groups in total. The van der Waals surface area contributed by atoms with E-state index in [0.717, 1.165) is 21.3 Å². The molecule has 9 heteroatoms. The number of halogens is 1. The predicted octanol–water partition coefficient (Wildman–Crippen LogP) is 5.05. The van der Waals surface area contributed by atoms with Crippen molar-refractivity contribution in [3.05, 3.63) is 104 Å². The van der Waals surface area contributed by atoms with Crippen molar-refractivity contribution in [2.75, 3.05) is 5.32 Å². The largest absolute Gasteiger partial charge is 0.298 e. The zero-order chi connectivity index (χ0) is 22.8. The van der Waals surface area contributed by atoms with Crippen LogP contribution in [0.3, 0.4) is 0 Å². The fraction of sp³-hybridized carbons (Fsp3) is 0.0417. The Morgan fingerprint density at radius 2 is 1.85 bits per heavy atom. The van der Waals surface area contributed by atoms with Crippen LogP contribution in [-0.4, -0.2) is 26.1 Å². The molecule has 7 nitrogen and oxygen atoms in total. The maximum Gasteiger partial charge on any atom is 0.273 e. The van der Waals surface area contributed by atoms with E-state index in [-0.39, 0.29) is 11.5 Å². The minimum Gasteiger partial charge on any atom is -0.298 e. The normalized spacial score (nSPS) is 10.9. The molecule has 3 heterocycles. The molecule has 33 heavy (non-hydrogen) atoms. The van der Waals surface area contributed by atoms with E-state index in [4.69, 9.17) is 0 Å². The van der Waals surface area contributed by atoms with Gasteiger partial charge in [0, 0.05) is 33.6 Å². The van der Waals surface area contributed by atoms with Gasteiger partial charge in [0.2, 0.25) is 0 Å². The Hall–Kier alpha value is -3.69. The molecule has 0 unspecified atom stereocenters. The first kappa shape index (κ1) is 21.2. The van der Waals surface area contributed by atoms with Gasteiger partial charge in [-0.2, -0.15) is 5.10 Å². The molecule has 162 valence electrons. The third-order valence-electron chi connectivity index (χ3n) is 5.07. The van der Waals surface area contributed by atoms with Gasteiger partial charge >= 0.3 is 0 Å². The van der Waals surface area contributed by atoms with E-state index in [2.05, 4.69) is 41.4 Å². The molecule has 0 saturated carbocycles. The lowest BCUT2D eigenvalue weighted by Crippen LogP contribution is -2.13. The molecule has 0 aliphatic carbocycles. The fourth-order valence-electron chi connectivity index (χ4n) is 3.39. The third kappa shape index (κ3) is 4.59. The molecular formula is C24H16BrN5O2S. The van der Waals surface area contributed by atoms with Gasteiger partial charge in [-0.05, 0) is 42.0 Å². The van der Waals surface area contributed by atoms with Gasteiger partial charge < -0.3 is 0 Å². The Balaban J connectivity index is 1.29.